The number of nitrogens with zero attached hydrogens (tertiary/aromatic N) is 9. The highest BCUT2D eigenvalue weighted by Gasteiger charge is 2.36. The molecule has 25 nitrogen and oxygen atoms in total. The molecule has 0 spiro atoms. The van der Waals surface area contributed by atoms with Gasteiger partial charge in [0.05, 0.1) is 90.0 Å². The van der Waals surface area contributed by atoms with Crippen LogP contribution in [0.4, 0.5) is 0 Å². The van der Waals surface area contributed by atoms with Gasteiger partial charge in [-0.15, -0.1) is 34.0 Å². The number of benzene rings is 6. The van der Waals surface area contributed by atoms with Gasteiger partial charge in [0.1, 0.15) is 0 Å². The van der Waals surface area contributed by atoms with Crippen LogP contribution in [0.15, 0.2) is 164 Å². The van der Waals surface area contributed by atoms with Crippen LogP contribution in [0, 0.1) is 68.1 Å². The van der Waals surface area contributed by atoms with Crippen LogP contribution in [0.2, 0.25) is 30.1 Å². The van der Waals surface area contributed by atoms with Crippen LogP contribution >= 0.6 is 104 Å². The van der Waals surface area contributed by atoms with Crippen LogP contribution in [0.1, 0.15) is 250 Å². The molecule has 6 aromatic heterocycles. The molecule has 6 aromatic carbocycles. The van der Waals surface area contributed by atoms with E-state index in [1.54, 1.807) is 68.6 Å². The summed E-state index contributed by atoms with van der Waals surface area (Å²) >= 11 is 43.3. The molecule has 6 aliphatic rings. The van der Waals surface area contributed by atoms with E-state index in [1.807, 2.05) is 145 Å². The molecule has 12 aromatic rings. The van der Waals surface area contributed by atoms with Gasteiger partial charge in [-0.1, -0.05) is 235 Å². The molecular formula is C107H116Cl6N16O9S6. The van der Waals surface area contributed by atoms with Gasteiger partial charge in [0.2, 0.25) is 20.0 Å². The Hall–Kier alpha value is -9.55. The third-order valence-corrected chi connectivity index (χ3v) is 35.0. The molecule has 756 valence electrons. The zero-order chi connectivity index (χ0) is 101. The number of halogens is 6. The molecule has 144 heavy (non-hydrogen) atoms. The molecule has 0 atom stereocenters. The number of carbonyl (C=O) groups is 3. The number of sulfonamides is 2. The van der Waals surface area contributed by atoms with E-state index in [9.17, 15) is 39.6 Å². The van der Waals surface area contributed by atoms with Crippen LogP contribution in [-0.4, -0.2) is 144 Å². The average Bonchev–Trinajstić information content (AvgIpc) is 1.61. The minimum absolute atomic E-state index is 0.0620. The van der Waals surface area contributed by atoms with Gasteiger partial charge in [-0.05, 0) is 237 Å². The van der Waals surface area contributed by atoms with Gasteiger partial charge in [-0.3, -0.25) is 30.7 Å². The van der Waals surface area contributed by atoms with Crippen molar-refractivity contribution in [3.05, 3.63) is 276 Å². The monoisotopic (exact) mass is 2170 g/mol. The van der Waals surface area contributed by atoms with E-state index in [4.69, 9.17) is 84.9 Å². The highest BCUT2D eigenvalue weighted by molar-refractivity contribution is 7.89. The van der Waals surface area contributed by atoms with E-state index in [1.165, 1.54) is 34.0 Å². The number of carbonyl (C=O) groups excluding carboxylic acids is 3. The quantitative estimate of drug-likeness (QED) is 0.0186. The molecule has 18 rings (SSSR count). The predicted octanol–water partition coefficient (Wildman–Crippen LogP) is 22.5. The topological polar surface area (TPSA) is 301 Å². The fourth-order valence-corrected chi connectivity index (χ4v) is 26.8. The molecule has 9 heterocycles. The number of aromatic nitrogens is 6. The molecule has 3 saturated heterocycles. The summed E-state index contributed by atoms with van der Waals surface area (Å²) in [4.78, 5) is 46.5. The van der Waals surface area contributed by atoms with Gasteiger partial charge in [-0.25, -0.2) is 55.4 Å². The van der Waals surface area contributed by atoms with E-state index < -0.39 is 48.0 Å². The molecule has 0 radical (unpaired) electrons. The maximum atomic E-state index is 14.0. The average molecular weight is 2180 g/mol. The van der Waals surface area contributed by atoms with Gasteiger partial charge in [0.15, 0.2) is 17.1 Å². The van der Waals surface area contributed by atoms with Crippen molar-refractivity contribution in [1.29, 1.82) is 0 Å². The number of hydrazine groups is 3. The molecule has 3 amide bonds. The summed E-state index contributed by atoms with van der Waals surface area (Å²) in [6.07, 6.45) is 24.0. The van der Waals surface area contributed by atoms with Crippen LogP contribution in [0.25, 0.3) is 48.8 Å². The second-order valence-corrected chi connectivity index (χ2v) is 48.4. The van der Waals surface area contributed by atoms with Crippen LogP contribution < -0.4 is 35.2 Å². The zero-order valence-electron chi connectivity index (χ0n) is 80.5. The normalized spacial score (nSPS) is 16.0. The van der Waals surface area contributed by atoms with Gasteiger partial charge >= 0.3 is 0 Å². The van der Waals surface area contributed by atoms with Crippen LogP contribution in [0.5, 0.6) is 0 Å². The lowest BCUT2D eigenvalue weighted by molar-refractivity contribution is 0.0736. The van der Waals surface area contributed by atoms with Crippen molar-refractivity contribution in [2.45, 2.75) is 201 Å². The Morgan fingerprint density at radius 3 is 0.924 bits per heavy atom. The number of aryl methyl sites for hydroxylation is 3. The van der Waals surface area contributed by atoms with E-state index in [0.717, 1.165) is 256 Å². The molecule has 0 bridgehead atoms. The van der Waals surface area contributed by atoms with Gasteiger partial charge in [0.25, 0.3) is 27.9 Å². The fourth-order valence-electron chi connectivity index (χ4n) is 18.6. The van der Waals surface area contributed by atoms with Crippen molar-refractivity contribution >= 4 is 152 Å². The van der Waals surface area contributed by atoms with Crippen LogP contribution in [0.3, 0.4) is 0 Å². The summed E-state index contributed by atoms with van der Waals surface area (Å²) in [5, 5.41) is 22.5. The number of nitrogens with one attached hydrogen (secondary N) is 7. The van der Waals surface area contributed by atoms with E-state index >= 15 is 0 Å². The largest absolute Gasteiger partial charge is 0.286 e. The Bertz CT molecular complexity index is 7130. The third kappa shape index (κ3) is 29.5. The van der Waals surface area contributed by atoms with E-state index in [2.05, 4.69) is 70.7 Å². The first kappa shape index (κ1) is 107. The van der Waals surface area contributed by atoms with Crippen molar-refractivity contribution in [3.8, 4) is 84.3 Å². The van der Waals surface area contributed by atoms with Crippen molar-refractivity contribution in [2.75, 3.05) is 50.8 Å². The van der Waals surface area contributed by atoms with Gasteiger partial charge in [0, 0.05) is 113 Å². The number of rotatable bonds is 27. The van der Waals surface area contributed by atoms with E-state index in [0.29, 0.717) is 81.0 Å². The first-order valence-electron chi connectivity index (χ1n) is 49.1. The van der Waals surface area contributed by atoms with Crippen molar-refractivity contribution in [3.63, 3.8) is 0 Å². The SMILES string of the molecule is Cc1ccc(C#Cc2ccc(-c3c(CNS(=O)(=O)CC4CCCC4)c(C(=O)NN4CCCCC4)nn3-c3ccc(Cl)cc3Cl)s2)cc1.Cc1ccc(C#Cc2ccc(-c3c(CNS(=O)(=O)CC4CCCCCC4)c(C(=O)NN4CCCCC4)nn3-c3ccc(Cl)cc3Cl)s2)cc1.Cc1ccc(C#Cc2ccc(-c3c(CNS(=O)(=O)NC4CCCCC4)c(C(=O)NN4CCCCC4)nn3-c3ccc(Cl)cc3Cl)s2)cc1. The fraction of sp³-hybridized carbons (Fsp3) is 0.383. The minimum atomic E-state index is -3.90. The van der Waals surface area contributed by atoms with Crippen molar-refractivity contribution in [1.82, 2.24) is 79.5 Å². The summed E-state index contributed by atoms with van der Waals surface area (Å²) in [7, 11) is -11.2. The van der Waals surface area contributed by atoms with Crippen molar-refractivity contribution < 1.29 is 39.6 Å². The van der Waals surface area contributed by atoms with Crippen LogP contribution in [-0.2, 0) is 49.9 Å². The minimum Gasteiger partial charge on any atom is -0.283 e. The Labute approximate surface area is 886 Å². The lowest BCUT2D eigenvalue weighted by Crippen LogP contribution is -2.46. The Kier molecular flexibility index (Phi) is 37.5. The Morgan fingerprint density at radius 1 is 0.340 bits per heavy atom. The molecule has 3 saturated carbocycles. The van der Waals surface area contributed by atoms with Gasteiger partial charge in [-0.2, -0.15) is 33.2 Å². The van der Waals surface area contributed by atoms with Gasteiger partial charge < -0.3 is 0 Å². The molecule has 3 aliphatic heterocycles. The lowest BCUT2D eigenvalue weighted by Gasteiger charge is -2.26. The number of amides is 3. The maximum absolute atomic E-state index is 14.0. The zero-order valence-corrected chi connectivity index (χ0v) is 89.9. The second kappa shape index (κ2) is 50.4. The predicted molar refractivity (Wildman–Crippen MR) is 581 cm³/mol. The molecule has 6 fully saturated rings. The third-order valence-electron chi connectivity index (χ3n) is 26.2. The number of hydrogen-bond donors (Lipinski definition) is 7. The molecule has 37 heteroatoms. The summed E-state index contributed by atoms with van der Waals surface area (Å²) in [6.45, 7) is 10.1. The highest BCUT2D eigenvalue weighted by Crippen LogP contribution is 2.43. The smallest absolute Gasteiger partial charge is 0.283 e. The number of hydrogen-bond acceptors (Lipinski definition) is 18. The van der Waals surface area contributed by atoms with E-state index in [-0.39, 0.29) is 66.1 Å². The molecular weight excluding hydrogens is 2060 g/mol. The maximum Gasteiger partial charge on any atom is 0.286 e. The molecule has 0 unspecified atom stereocenters. The Morgan fingerprint density at radius 2 is 0.618 bits per heavy atom. The standard InChI is InChI=1S/C37H41Cl2N5O3S2.C35H38Cl2N6O3S2.C35H37Cl2N5O3S2/c1-26-11-13-27(14-12-26)15-17-30-18-20-34(48-30)36-31(24-40-49(46,47)25-28-9-5-2-3-6-10-28)35(37(45)42-43-21-7-4-8-22-43)41-44(36)33-19-16-29(38)23-32(33)39;1-24-10-12-25(13-11-24)14-16-28-17-19-32(47-28)34-29(23-38-48(45,46)41-27-8-4-2-5-9-27)33(35(44)40-42-20-6-3-7-21-42)39-43(34)31-18-15-26(36)22-30(31)37;1-24-9-11-25(12-10-24)13-15-28-16-18-32(46-28)34-29(22-38-47(44,45)23-26-7-3-4-8-26)33(35(43)40-41-19-5-2-6-20-41)39-42(34)31-17-14-27(36)21-30(31)37/h11-14,16,18-20,23,28,40H,2-10,21-22,24-25H2,1H3,(H,42,45);10-13,15,17-19,22,27,38,41H,2-9,20-21,23H2,1H3,(H,40,44);9-12,14,16-18,21,26,38H,2-8,19-20,22-23H2,1H3,(H,40,43). The highest BCUT2D eigenvalue weighted by atomic mass is 35.5. The molecule has 7 N–H and O–H groups in total. The number of thiophene rings is 3. The summed E-state index contributed by atoms with van der Waals surface area (Å²) in [5.74, 6) is 18.5. The second-order valence-electron chi connectivity index (χ2n) is 37.3. The lowest BCUT2D eigenvalue weighted by atomic mass is 9.96. The molecule has 3 aliphatic carbocycles. The summed E-state index contributed by atoms with van der Waals surface area (Å²) in [6, 6.07) is 50.6. The van der Waals surface area contributed by atoms with Crippen molar-refractivity contribution in [2.24, 2.45) is 11.8 Å². The number of piperidine rings is 3. The Balaban J connectivity index is 0.000000155. The summed E-state index contributed by atoms with van der Waals surface area (Å²) in [5.41, 5.74) is 20.1. The first-order chi connectivity index (χ1) is 69.4. The summed E-state index contributed by atoms with van der Waals surface area (Å²) < 4.78 is 96.4. The first-order valence-corrected chi connectivity index (χ1v) is 58.6.